The van der Waals surface area contributed by atoms with Gasteiger partial charge in [0.15, 0.2) is 0 Å². The SMILES string of the molecule is COCCCN1C(=O)C(=O)/C(=C(\O)c2ccc(OC)cc2)C1c1cccc2ccccc12. The number of benzene rings is 3. The second kappa shape index (κ2) is 9.24. The van der Waals surface area contributed by atoms with E-state index in [1.54, 1.807) is 38.5 Å². The number of hydrogen-bond acceptors (Lipinski definition) is 5. The van der Waals surface area contributed by atoms with Crippen LogP contribution in [0, 0.1) is 0 Å². The van der Waals surface area contributed by atoms with Crippen LogP contribution in [-0.4, -0.2) is 49.1 Å². The van der Waals surface area contributed by atoms with Crippen molar-refractivity contribution >= 4 is 28.2 Å². The van der Waals surface area contributed by atoms with Gasteiger partial charge in [0.2, 0.25) is 0 Å². The molecule has 0 radical (unpaired) electrons. The Morgan fingerprint density at radius 3 is 2.41 bits per heavy atom. The molecular formula is C26H25NO5. The summed E-state index contributed by atoms with van der Waals surface area (Å²) in [6.07, 6.45) is 0.577. The predicted molar refractivity (Wildman–Crippen MR) is 122 cm³/mol. The summed E-state index contributed by atoms with van der Waals surface area (Å²) in [5.74, 6) is -0.867. The summed E-state index contributed by atoms with van der Waals surface area (Å²) in [6.45, 7) is 0.801. The number of likely N-dealkylation sites (tertiary alicyclic amines) is 1. The highest BCUT2D eigenvalue weighted by Gasteiger charge is 2.46. The monoisotopic (exact) mass is 431 g/mol. The molecule has 0 aromatic heterocycles. The molecule has 0 aliphatic carbocycles. The largest absolute Gasteiger partial charge is 0.507 e. The number of fused-ring (bicyclic) bond motifs is 1. The minimum atomic E-state index is -0.694. The van der Waals surface area contributed by atoms with E-state index in [-0.39, 0.29) is 11.3 Å². The molecule has 4 rings (SSSR count). The van der Waals surface area contributed by atoms with Gasteiger partial charge in [0.05, 0.1) is 18.7 Å². The number of Topliss-reactive ketones (excluding diaryl/α,β-unsaturated/α-hetero) is 1. The number of aliphatic hydroxyl groups is 1. The zero-order valence-corrected chi connectivity index (χ0v) is 18.1. The number of aliphatic hydroxyl groups excluding tert-OH is 1. The minimum absolute atomic E-state index is 0.0916. The highest BCUT2D eigenvalue weighted by molar-refractivity contribution is 6.46. The number of methoxy groups -OCH3 is 2. The van der Waals surface area contributed by atoms with Gasteiger partial charge in [0, 0.05) is 25.8 Å². The first kappa shape index (κ1) is 21.6. The van der Waals surface area contributed by atoms with Crippen molar-refractivity contribution < 1.29 is 24.2 Å². The molecule has 1 aliphatic rings. The molecule has 3 aromatic carbocycles. The zero-order chi connectivity index (χ0) is 22.7. The average Bonchev–Trinajstić information content (AvgIpc) is 3.08. The quantitative estimate of drug-likeness (QED) is 0.261. The van der Waals surface area contributed by atoms with Crippen LogP contribution >= 0.6 is 0 Å². The second-order valence-electron chi connectivity index (χ2n) is 7.64. The maximum absolute atomic E-state index is 13.1. The summed E-state index contributed by atoms with van der Waals surface area (Å²) in [5.41, 5.74) is 1.34. The molecule has 0 bridgehead atoms. The van der Waals surface area contributed by atoms with Crippen molar-refractivity contribution in [3.8, 4) is 5.75 Å². The Bertz CT molecular complexity index is 1180. The Hall–Kier alpha value is -3.64. The van der Waals surface area contributed by atoms with Gasteiger partial charge in [0.25, 0.3) is 11.7 Å². The maximum Gasteiger partial charge on any atom is 0.295 e. The van der Waals surface area contributed by atoms with Gasteiger partial charge in [-0.1, -0.05) is 42.5 Å². The van der Waals surface area contributed by atoms with Crippen LogP contribution < -0.4 is 4.74 Å². The van der Waals surface area contributed by atoms with Crippen LogP contribution in [0.2, 0.25) is 0 Å². The molecule has 164 valence electrons. The standard InChI is InChI=1S/C26H25NO5/c1-31-16-6-15-27-23(21-10-5-8-17-7-3-4-9-20(17)21)22(25(29)26(27)30)24(28)18-11-13-19(32-2)14-12-18/h3-5,7-14,23,28H,6,15-16H2,1-2H3/b24-22-. The highest BCUT2D eigenvalue weighted by atomic mass is 16.5. The van der Waals surface area contributed by atoms with E-state index in [2.05, 4.69) is 0 Å². The first-order valence-corrected chi connectivity index (χ1v) is 10.5. The van der Waals surface area contributed by atoms with Gasteiger partial charge in [-0.3, -0.25) is 9.59 Å². The maximum atomic E-state index is 13.1. The van der Waals surface area contributed by atoms with E-state index in [0.29, 0.717) is 30.9 Å². The van der Waals surface area contributed by atoms with Crippen LogP contribution in [0.5, 0.6) is 5.75 Å². The fourth-order valence-electron chi connectivity index (χ4n) is 4.21. The second-order valence-corrected chi connectivity index (χ2v) is 7.64. The third-order valence-electron chi connectivity index (χ3n) is 5.77. The first-order valence-electron chi connectivity index (χ1n) is 10.5. The molecule has 6 heteroatoms. The average molecular weight is 431 g/mol. The van der Waals surface area contributed by atoms with Crippen molar-refractivity contribution in [2.45, 2.75) is 12.5 Å². The Kier molecular flexibility index (Phi) is 6.23. The molecule has 1 fully saturated rings. The van der Waals surface area contributed by atoms with Crippen molar-refractivity contribution in [1.82, 2.24) is 4.90 Å². The number of carbonyl (C=O) groups is 2. The van der Waals surface area contributed by atoms with Crippen LogP contribution in [0.4, 0.5) is 0 Å². The first-order chi connectivity index (χ1) is 15.6. The number of ether oxygens (including phenoxy) is 2. The molecule has 0 saturated carbocycles. The van der Waals surface area contributed by atoms with Gasteiger partial charge in [-0.25, -0.2) is 0 Å². The van der Waals surface area contributed by atoms with Crippen molar-refractivity contribution in [3.05, 3.63) is 83.4 Å². The van der Waals surface area contributed by atoms with E-state index < -0.39 is 17.7 Å². The molecule has 1 saturated heterocycles. The molecule has 6 nitrogen and oxygen atoms in total. The summed E-state index contributed by atoms with van der Waals surface area (Å²) in [4.78, 5) is 27.7. The van der Waals surface area contributed by atoms with Crippen LogP contribution in [0.1, 0.15) is 23.6 Å². The van der Waals surface area contributed by atoms with E-state index in [1.165, 1.54) is 4.90 Å². The number of ketones is 1. The molecule has 0 spiro atoms. The molecule has 1 amide bonds. The van der Waals surface area contributed by atoms with Crippen LogP contribution in [0.3, 0.4) is 0 Å². The zero-order valence-electron chi connectivity index (χ0n) is 18.1. The molecule has 32 heavy (non-hydrogen) atoms. The third kappa shape index (κ3) is 3.85. The lowest BCUT2D eigenvalue weighted by molar-refractivity contribution is -0.140. The number of rotatable bonds is 7. The van der Waals surface area contributed by atoms with E-state index in [4.69, 9.17) is 9.47 Å². The van der Waals surface area contributed by atoms with Crippen molar-refractivity contribution in [3.63, 3.8) is 0 Å². The number of hydrogen-bond donors (Lipinski definition) is 1. The Morgan fingerprint density at radius 2 is 1.69 bits per heavy atom. The number of carbonyl (C=O) groups excluding carboxylic acids is 2. The lowest BCUT2D eigenvalue weighted by Gasteiger charge is -2.26. The summed E-state index contributed by atoms with van der Waals surface area (Å²) in [5, 5.41) is 13.1. The van der Waals surface area contributed by atoms with E-state index in [1.807, 2.05) is 42.5 Å². The van der Waals surface area contributed by atoms with Crippen molar-refractivity contribution in [2.75, 3.05) is 27.4 Å². The lowest BCUT2D eigenvalue weighted by Crippen LogP contribution is -2.31. The highest BCUT2D eigenvalue weighted by Crippen LogP contribution is 2.42. The van der Waals surface area contributed by atoms with E-state index in [9.17, 15) is 14.7 Å². The smallest absolute Gasteiger partial charge is 0.295 e. The molecule has 1 atom stereocenters. The molecule has 1 N–H and O–H groups in total. The summed E-state index contributed by atoms with van der Waals surface area (Å²) in [6, 6.07) is 19.7. The lowest BCUT2D eigenvalue weighted by atomic mass is 9.91. The normalized spacial score (nSPS) is 17.8. The van der Waals surface area contributed by atoms with Gasteiger partial charge in [-0.05, 0) is 47.0 Å². The van der Waals surface area contributed by atoms with Gasteiger partial charge in [-0.15, -0.1) is 0 Å². The van der Waals surface area contributed by atoms with Crippen LogP contribution in [-0.2, 0) is 14.3 Å². The number of nitrogens with zero attached hydrogens (tertiary/aromatic N) is 1. The van der Waals surface area contributed by atoms with E-state index >= 15 is 0 Å². The number of amides is 1. The Morgan fingerprint density at radius 1 is 0.969 bits per heavy atom. The molecule has 1 heterocycles. The van der Waals surface area contributed by atoms with Gasteiger partial charge >= 0.3 is 0 Å². The summed E-state index contributed by atoms with van der Waals surface area (Å²) >= 11 is 0. The van der Waals surface area contributed by atoms with Gasteiger partial charge in [0.1, 0.15) is 11.5 Å². The fourth-order valence-corrected chi connectivity index (χ4v) is 4.21. The van der Waals surface area contributed by atoms with Crippen molar-refractivity contribution in [1.29, 1.82) is 0 Å². The van der Waals surface area contributed by atoms with Gasteiger partial charge < -0.3 is 19.5 Å². The minimum Gasteiger partial charge on any atom is -0.507 e. The summed E-state index contributed by atoms with van der Waals surface area (Å²) < 4.78 is 10.3. The molecule has 1 aliphatic heterocycles. The Balaban J connectivity index is 1.89. The predicted octanol–water partition coefficient (Wildman–Crippen LogP) is 4.31. The van der Waals surface area contributed by atoms with E-state index in [0.717, 1.165) is 16.3 Å². The molecule has 1 unspecified atom stereocenters. The van der Waals surface area contributed by atoms with Crippen molar-refractivity contribution in [2.24, 2.45) is 0 Å². The Labute approximate surface area is 186 Å². The fraction of sp³-hybridized carbons (Fsp3) is 0.231. The van der Waals surface area contributed by atoms with Crippen LogP contribution in [0.15, 0.2) is 72.3 Å². The molecule has 3 aromatic rings. The topological polar surface area (TPSA) is 76.1 Å². The van der Waals surface area contributed by atoms with Crippen LogP contribution in [0.25, 0.3) is 16.5 Å². The molecular weight excluding hydrogens is 406 g/mol. The summed E-state index contributed by atoms with van der Waals surface area (Å²) in [7, 11) is 3.15. The third-order valence-corrected chi connectivity index (χ3v) is 5.77. The van der Waals surface area contributed by atoms with Gasteiger partial charge in [-0.2, -0.15) is 0 Å².